The van der Waals surface area contributed by atoms with E-state index < -0.39 is 18.1 Å². The number of hydrogen-bond donors (Lipinski definition) is 3. The SMILES string of the molecule is CSCCC(NC(=O)c1ccc(Cl)cc1Cl)C(=O)NCC(O)COc1ccccc1. The molecule has 2 aromatic rings. The van der Waals surface area contributed by atoms with Crippen molar-refractivity contribution in [1.82, 2.24) is 10.6 Å². The molecule has 2 atom stereocenters. The topological polar surface area (TPSA) is 87.7 Å². The first-order chi connectivity index (χ1) is 14.4. The highest BCUT2D eigenvalue weighted by Gasteiger charge is 2.23. The van der Waals surface area contributed by atoms with E-state index in [4.69, 9.17) is 27.9 Å². The van der Waals surface area contributed by atoms with Crippen molar-refractivity contribution in [1.29, 1.82) is 0 Å². The number of nitrogens with one attached hydrogen (secondary N) is 2. The second-order valence-corrected chi connectivity index (χ2v) is 8.28. The molecule has 0 saturated carbocycles. The molecular weight excluding hydrogens is 447 g/mol. The molecule has 0 spiro atoms. The van der Waals surface area contributed by atoms with Gasteiger partial charge in [-0.3, -0.25) is 9.59 Å². The Kier molecular flexibility index (Phi) is 10.3. The van der Waals surface area contributed by atoms with Gasteiger partial charge in [0.25, 0.3) is 5.91 Å². The molecule has 0 radical (unpaired) electrons. The Morgan fingerprint density at radius 1 is 1.17 bits per heavy atom. The lowest BCUT2D eigenvalue weighted by atomic mass is 10.1. The molecule has 162 valence electrons. The molecule has 0 saturated heterocycles. The van der Waals surface area contributed by atoms with Crippen LogP contribution >= 0.6 is 35.0 Å². The van der Waals surface area contributed by atoms with Gasteiger partial charge in [0.2, 0.25) is 5.91 Å². The molecule has 2 aromatic carbocycles. The number of aliphatic hydroxyl groups is 1. The van der Waals surface area contributed by atoms with Gasteiger partial charge in [-0.05, 0) is 48.8 Å². The zero-order valence-electron chi connectivity index (χ0n) is 16.4. The third-order valence-corrected chi connectivity index (χ3v) is 5.30. The normalized spacial score (nSPS) is 12.7. The quantitative estimate of drug-likeness (QED) is 0.468. The number of hydrogen-bond acceptors (Lipinski definition) is 5. The molecule has 0 aromatic heterocycles. The fourth-order valence-corrected chi connectivity index (χ4v) is 3.49. The summed E-state index contributed by atoms with van der Waals surface area (Å²) in [6, 6.07) is 12.9. The molecule has 30 heavy (non-hydrogen) atoms. The minimum atomic E-state index is -0.892. The number of amides is 2. The van der Waals surface area contributed by atoms with Crippen LogP contribution in [0.2, 0.25) is 10.0 Å². The molecule has 0 aliphatic heterocycles. The number of benzene rings is 2. The van der Waals surface area contributed by atoms with Crippen LogP contribution in [0.1, 0.15) is 16.8 Å². The van der Waals surface area contributed by atoms with E-state index in [-0.39, 0.29) is 29.6 Å². The number of ether oxygens (including phenoxy) is 1. The Morgan fingerprint density at radius 2 is 1.90 bits per heavy atom. The van der Waals surface area contributed by atoms with Crippen LogP contribution in [-0.2, 0) is 4.79 Å². The second kappa shape index (κ2) is 12.7. The Balaban J connectivity index is 1.89. The highest BCUT2D eigenvalue weighted by Crippen LogP contribution is 2.21. The number of rotatable bonds is 11. The zero-order chi connectivity index (χ0) is 21.9. The van der Waals surface area contributed by atoms with Crippen molar-refractivity contribution < 1.29 is 19.4 Å². The molecule has 0 heterocycles. The highest BCUT2D eigenvalue weighted by molar-refractivity contribution is 7.98. The summed E-state index contributed by atoms with van der Waals surface area (Å²) in [5.74, 6) is 0.451. The summed E-state index contributed by atoms with van der Waals surface area (Å²) in [6.45, 7) is 0.0333. The average Bonchev–Trinajstić information content (AvgIpc) is 2.74. The molecule has 0 bridgehead atoms. The molecule has 9 heteroatoms. The Labute approximate surface area is 190 Å². The first-order valence-corrected chi connectivity index (χ1v) is 11.4. The lowest BCUT2D eigenvalue weighted by Crippen LogP contribution is -2.49. The van der Waals surface area contributed by atoms with Crippen molar-refractivity contribution in [3.05, 3.63) is 64.1 Å². The number of halogens is 2. The van der Waals surface area contributed by atoms with E-state index in [0.29, 0.717) is 22.9 Å². The monoisotopic (exact) mass is 470 g/mol. The maximum Gasteiger partial charge on any atom is 0.253 e. The maximum absolute atomic E-state index is 12.6. The fraction of sp³-hybridized carbons (Fsp3) is 0.333. The third kappa shape index (κ3) is 8.07. The van der Waals surface area contributed by atoms with Crippen LogP contribution in [0.5, 0.6) is 5.75 Å². The number of para-hydroxylation sites is 1. The van der Waals surface area contributed by atoms with Gasteiger partial charge in [-0.2, -0.15) is 11.8 Å². The lowest BCUT2D eigenvalue weighted by molar-refractivity contribution is -0.123. The molecule has 6 nitrogen and oxygen atoms in total. The highest BCUT2D eigenvalue weighted by atomic mass is 35.5. The molecule has 0 aliphatic rings. The van der Waals surface area contributed by atoms with Gasteiger partial charge in [-0.15, -0.1) is 0 Å². The van der Waals surface area contributed by atoms with Crippen molar-refractivity contribution in [2.75, 3.05) is 25.2 Å². The molecule has 0 fully saturated rings. The van der Waals surface area contributed by atoms with E-state index in [1.165, 1.54) is 12.1 Å². The number of aliphatic hydroxyl groups excluding tert-OH is 1. The molecule has 2 rings (SSSR count). The Morgan fingerprint density at radius 3 is 2.57 bits per heavy atom. The van der Waals surface area contributed by atoms with Gasteiger partial charge in [-0.1, -0.05) is 41.4 Å². The van der Waals surface area contributed by atoms with Crippen LogP contribution in [0.4, 0.5) is 0 Å². The minimum Gasteiger partial charge on any atom is -0.491 e. The van der Waals surface area contributed by atoms with Gasteiger partial charge in [0.05, 0.1) is 10.6 Å². The summed E-state index contributed by atoms with van der Waals surface area (Å²) in [5.41, 5.74) is 0.235. The predicted molar refractivity (Wildman–Crippen MR) is 122 cm³/mol. The largest absolute Gasteiger partial charge is 0.491 e. The first kappa shape index (κ1) is 24.3. The Hall–Kier alpha value is -1.93. The molecular formula is C21H24Cl2N2O4S. The summed E-state index contributed by atoms with van der Waals surface area (Å²) < 4.78 is 5.47. The van der Waals surface area contributed by atoms with Crippen LogP contribution in [0, 0.1) is 0 Å². The standard InChI is InChI=1S/C21H24Cl2N2O4S/c1-30-10-9-19(25-20(27)17-8-7-14(22)11-18(17)23)21(28)24-12-15(26)13-29-16-5-3-2-4-6-16/h2-8,11,15,19,26H,9-10,12-13H2,1H3,(H,24,28)(H,25,27). The molecule has 2 amide bonds. The van der Waals surface area contributed by atoms with Crippen molar-refractivity contribution in [2.45, 2.75) is 18.6 Å². The van der Waals surface area contributed by atoms with Crippen molar-refractivity contribution >= 4 is 46.8 Å². The summed E-state index contributed by atoms with van der Waals surface area (Å²) >= 11 is 13.5. The maximum atomic E-state index is 12.6. The van der Waals surface area contributed by atoms with Crippen molar-refractivity contribution in [3.8, 4) is 5.75 Å². The smallest absolute Gasteiger partial charge is 0.253 e. The van der Waals surface area contributed by atoms with Gasteiger partial charge >= 0.3 is 0 Å². The molecule has 0 aliphatic carbocycles. The van der Waals surface area contributed by atoms with Gasteiger partial charge in [0, 0.05) is 11.6 Å². The predicted octanol–water partition coefficient (Wildman–Crippen LogP) is 3.40. The van der Waals surface area contributed by atoms with E-state index in [9.17, 15) is 14.7 Å². The Bertz CT molecular complexity index is 839. The van der Waals surface area contributed by atoms with E-state index in [1.807, 2.05) is 24.5 Å². The van der Waals surface area contributed by atoms with Crippen LogP contribution in [0.15, 0.2) is 48.5 Å². The number of carbonyl (C=O) groups excluding carboxylic acids is 2. The fourth-order valence-electron chi connectivity index (χ4n) is 2.52. The van der Waals surface area contributed by atoms with Crippen molar-refractivity contribution in [2.24, 2.45) is 0 Å². The lowest BCUT2D eigenvalue weighted by Gasteiger charge is -2.20. The van der Waals surface area contributed by atoms with Gasteiger partial charge in [0.1, 0.15) is 24.5 Å². The van der Waals surface area contributed by atoms with Crippen LogP contribution in [0.25, 0.3) is 0 Å². The summed E-state index contributed by atoms with van der Waals surface area (Å²) in [5, 5.41) is 16.1. The minimum absolute atomic E-state index is 0.000986. The summed E-state index contributed by atoms with van der Waals surface area (Å²) in [4.78, 5) is 25.2. The summed E-state index contributed by atoms with van der Waals surface area (Å²) in [6.07, 6.45) is 1.45. The first-order valence-electron chi connectivity index (χ1n) is 9.29. The van der Waals surface area contributed by atoms with Crippen molar-refractivity contribution in [3.63, 3.8) is 0 Å². The molecule has 3 N–H and O–H groups in total. The van der Waals surface area contributed by atoms with Gasteiger partial charge in [0.15, 0.2) is 0 Å². The summed E-state index contributed by atoms with van der Waals surface area (Å²) in [7, 11) is 0. The number of thioether (sulfide) groups is 1. The van der Waals surface area contributed by atoms with Crippen LogP contribution in [0.3, 0.4) is 0 Å². The zero-order valence-corrected chi connectivity index (χ0v) is 18.8. The van der Waals surface area contributed by atoms with Crippen LogP contribution in [-0.4, -0.2) is 54.2 Å². The van der Waals surface area contributed by atoms with E-state index in [0.717, 1.165) is 0 Å². The van der Waals surface area contributed by atoms with Gasteiger partial charge < -0.3 is 20.5 Å². The average molecular weight is 471 g/mol. The van der Waals surface area contributed by atoms with E-state index in [1.54, 1.807) is 30.0 Å². The third-order valence-electron chi connectivity index (χ3n) is 4.11. The van der Waals surface area contributed by atoms with Crippen LogP contribution < -0.4 is 15.4 Å². The second-order valence-electron chi connectivity index (χ2n) is 6.45. The molecule has 2 unspecified atom stereocenters. The number of carbonyl (C=O) groups is 2. The van der Waals surface area contributed by atoms with E-state index in [2.05, 4.69) is 10.6 Å². The van der Waals surface area contributed by atoms with Gasteiger partial charge in [-0.25, -0.2) is 0 Å². The van der Waals surface area contributed by atoms with E-state index >= 15 is 0 Å².